The molecule has 0 saturated carbocycles. The second-order valence-corrected chi connectivity index (χ2v) is 4.73. The van der Waals surface area contributed by atoms with E-state index in [1.807, 2.05) is 0 Å². The van der Waals surface area contributed by atoms with Crippen molar-refractivity contribution >= 4 is 0 Å². The van der Waals surface area contributed by atoms with Crippen LogP contribution in [-0.2, 0) is 0 Å². The van der Waals surface area contributed by atoms with Crippen molar-refractivity contribution < 1.29 is 15.3 Å². The maximum atomic E-state index is 10.1. The van der Waals surface area contributed by atoms with Crippen LogP contribution in [0, 0.1) is 0 Å². The van der Waals surface area contributed by atoms with Crippen LogP contribution in [0.15, 0.2) is 0 Å². The number of hydrogen-bond acceptors (Lipinski definition) is 3. The smallest absolute Gasteiger partial charge is 0.113 e. The van der Waals surface area contributed by atoms with Crippen molar-refractivity contribution in [3.8, 4) is 0 Å². The van der Waals surface area contributed by atoms with Crippen molar-refractivity contribution in [3.05, 3.63) is 0 Å². The van der Waals surface area contributed by atoms with Gasteiger partial charge in [-0.05, 0) is 12.8 Å². The Bertz CT molecular complexity index is 161. The van der Waals surface area contributed by atoms with Gasteiger partial charge < -0.3 is 15.3 Å². The van der Waals surface area contributed by atoms with Crippen molar-refractivity contribution in [3.63, 3.8) is 0 Å². The van der Waals surface area contributed by atoms with Crippen LogP contribution >= 0.6 is 0 Å². The van der Waals surface area contributed by atoms with Crippen LogP contribution in [0.25, 0.3) is 0 Å². The first-order chi connectivity index (χ1) is 7.60. The Morgan fingerprint density at radius 3 is 2.06 bits per heavy atom. The van der Waals surface area contributed by atoms with Crippen LogP contribution < -0.4 is 0 Å². The Morgan fingerprint density at radius 1 is 1.00 bits per heavy atom. The number of rotatable bonds is 10. The first-order valence-corrected chi connectivity index (χ1v) is 6.62. The molecule has 0 amide bonds. The SMILES string of the molecule is CCCCCC(O)C(O)(CO)CCCCC. The Morgan fingerprint density at radius 2 is 1.56 bits per heavy atom. The molecule has 0 aromatic rings. The van der Waals surface area contributed by atoms with E-state index in [1.54, 1.807) is 0 Å². The zero-order valence-electron chi connectivity index (χ0n) is 10.8. The van der Waals surface area contributed by atoms with Gasteiger partial charge in [0.05, 0.1) is 12.7 Å². The zero-order chi connectivity index (χ0) is 12.4. The number of aliphatic hydroxyl groups is 3. The average Bonchev–Trinajstić information content (AvgIpc) is 2.29. The summed E-state index contributed by atoms with van der Waals surface area (Å²) in [5, 5.41) is 29.2. The maximum Gasteiger partial charge on any atom is 0.113 e. The summed E-state index contributed by atoms with van der Waals surface area (Å²) >= 11 is 0. The Hall–Kier alpha value is -0.120. The first kappa shape index (κ1) is 15.9. The molecule has 0 heterocycles. The van der Waals surface area contributed by atoms with Gasteiger partial charge in [-0.2, -0.15) is 0 Å². The standard InChI is InChI=1S/C13H28O3/c1-3-5-7-9-12(15)13(16,11-14)10-8-6-4-2/h12,14-16H,3-11H2,1-2H3. The van der Waals surface area contributed by atoms with Gasteiger partial charge in [0, 0.05) is 0 Å². The number of hydrogen-bond donors (Lipinski definition) is 3. The summed E-state index contributed by atoms with van der Waals surface area (Å²) in [4.78, 5) is 0. The van der Waals surface area contributed by atoms with Crippen molar-refractivity contribution in [2.45, 2.75) is 76.9 Å². The fourth-order valence-corrected chi connectivity index (χ4v) is 1.89. The van der Waals surface area contributed by atoms with Crippen molar-refractivity contribution in [2.24, 2.45) is 0 Å². The molecule has 0 aliphatic rings. The van der Waals surface area contributed by atoms with E-state index in [1.165, 1.54) is 0 Å². The molecule has 0 rings (SSSR count). The molecule has 0 aliphatic heterocycles. The van der Waals surface area contributed by atoms with E-state index in [2.05, 4.69) is 13.8 Å². The molecule has 3 heteroatoms. The van der Waals surface area contributed by atoms with Gasteiger partial charge in [-0.15, -0.1) is 0 Å². The third-order valence-electron chi connectivity index (χ3n) is 3.19. The van der Waals surface area contributed by atoms with Crippen LogP contribution in [0.5, 0.6) is 0 Å². The van der Waals surface area contributed by atoms with E-state index in [0.717, 1.165) is 38.5 Å². The van der Waals surface area contributed by atoms with E-state index in [-0.39, 0.29) is 6.61 Å². The molecule has 0 spiro atoms. The van der Waals surface area contributed by atoms with Crippen LogP contribution in [0.1, 0.15) is 65.2 Å². The summed E-state index contributed by atoms with van der Waals surface area (Å²) in [7, 11) is 0. The zero-order valence-corrected chi connectivity index (χ0v) is 10.8. The molecule has 2 atom stereocenters. The number of unbranched alkanes of at least 4 members (excludes halogenated alkanes) is 4. The summed E-state index contributed by atoms with van der Waals surface area (Å²) in [5.41, 5.74) is -1.29. The maximum absolute atomic E-state index is 10.1. The fourth-order valence-electron chi connectivity index (χ4n) is 1.89. The van der Waals surface area contributed by atoms with Gasteiger partial charge in [-0.3, -0.25) is 0 Å². The third-order valence-corrected chi connectivity index (χ3v) is 3.19. The van der Waals surface area contributed by atoms with Gasteiger partial charge in [0.15, 0.2) is 0 Å². The number of aliphatic hydroxyl groups excluding tert-OH is 2. The topological polar surface area (TPSA) is 60.7 Å². The summed E-state index contributed by atoms with van der Waals surface area (Å²) in [6.07, 6.45) is 6.32. The molecule has 3 nitrogen and oxygen atoms in total. The molecule has 0 bridgehead atoms. The van der Waals surface area contributed by atoms with Gasteiger partial charge in [-0.1, -0.05) is 52.4 Å². The first-order valence-electron chi connectivity index (χ1n) is 6.62. The van der Waals surface area contributed by atoms with Crippen molar-refractivity contribution in [1.29, 1.82) is 0 Å². The molecule has 0 aliphatic carbocycles. The van der Waals surface area contributed by atoms with Crippen LogP contribution in [0.2, 0.25) is 0 Å². The minimum absolute atomic E-state index is 0.343. The lowest BCUT2D eigenvalue weighted by molar-refractivity contribution is -0.114. The highest BCUT2D eigenvalue weighted by Gasteiger charge is 2.33. The Labute approximate surface area is 99.5 Å². The van der Waals surface area contributed by atoms with Gasteiger partial charge >= 0.3 is 0 Å². The second kappa shape index (κ2) is 8.97. The van der Waals surface area contributed by atoms with E-state index in [4.69, 9.17) is 0 Å². The quantitative estimate of drug-likeness (QED) is 0.506. The van der Waals surface area contributed by atoms with E-state index < -0.39 is 11.7 Å². The molecule has 98 valence electrons. The average molecular weight is 232 g/mol. The van der Waals surface area contributed by atoms with E-state index in [9.17, 15) is 15.3 Å². The molecule has 0 aromatic carbocycles. The highest BCUT2D eigenvalue weighted by Crippen LogP contribution is 2.22. The second-order valence-electron chi connectivity index (χ2n) is 4.73. The molecular weight excluding hydrogens is 204 g/mol. The predicted octanol–water partition coefficient (Wildman–Crippen LogP) is 2.23. The monoisotopic (exact) mass is 232 g/mol. The summed E-state index contributed by atoms with van der Waals surface area (Å²) in [6.45, 7) is 3.85. The van der Waals surface area contributed by atoms with Gasteiger partial charge in [-0.25, -0.2) is 0 Å². The van der Waals surface area contributed by atoms with Gasteiger partial charge in [0.2, 0.25) is 0 Å². The Balaban J connectivity index is 3.99. The molecule has 2 unspecified atom stereocenters. The normalized spacial score (nSPS) is 17.1. The third kappa shape index (κ3) is 5.83. The van der Waals surface area contributed by atoms with Gasteiger partial charge in [0.25, 0.3) is 0 Å². The molecule has 0 saturated heterocycles. The largest absolute Gasteiger partial charge is 0.393 e. The molecule has 0 aromatic heterocycles. The van der Waals surface area contributed by atoms with E-state index >= 15 is 0 Å². The lowest BCUT2D eigenvalue weighted by atomic mass is 9.88. The molecule has 0 fully saturated rings. The minimum atomic E-state index is -1.29. The molecule has 16 heavy (non-hydrogen) atoms. The fraction of sp³-hybridized carbons (Fsp3) is 1.00. The lowest BCUT2D eigenvalue weighted by Crippen LogP contribution is -2.45. The predicted molar refractivity (Wildman–Crippen MR) is 66.3 cm³/mol. The summed E-state index contributed by atoms with van der Waals surface area (Å²) < 4.78 is 0. The van der Waals surface area contributed by atoms with Crippen molar-refractivity contribution in [1.82, 2.24) is 0 Å². The molecule has 3 N–H and O–H groups in total. The minimum Gasteiger partial charge on any atom is -0.393 e. The van der Waals surface area contributed by atoms with Crippen LogP contribution in [0.3, 0.4) is 0 Å². The highest BCUT2D eigenvalue weighted by atomic mass is 16.4. The highest BCUT2D eigenvalue weighted by molar-refractivity contribution is 4.85. The molecular formula is C13H28O3. The van der Waals surface area contributed by atoms with E-state index in [0.29, 0.717) is 12.8 Å². The summed E-state index contributed by atoms with van der Waals surface area (Å²) in [6, 6.07) is 0. The Kier molecular flexibility index (Phi) is 8.90. The summed E-state index contributed by atoms with van der Waals surface area (Å²) in [5.74, 6) is 0. The lowest BCUT2D eigenvalue weighted by Gasteiger charge is -2.31. The van der Waals surface area contributed by atoms with Crippen LogP contribution in [-0.4, -0.2) is 33.6 Å². The van der Waals surface area contributed by atoms with Gasteiger partial charge in [0.1, 0.15) is 5.60 Å². The van der Waals surface area contributed by atoms with Crippen molar-refractivity contribution in [2.75, 3.05) is 6.61 Å². The van der Waals surface area contributed by atoms with Crippen LogP contribution in [0.4, 0.5) is 0 Å². The molecule has 0 radical (unpaired) electrons.